The van der Waals surface area contributed by atoms with Crippen molar-refractivity contribution in [2.45, 2.75) is 38.6 Å². The van der Waals surface area contributed by atoms with Gasteiger partial charge in [0.05, 0.1) is 0 Å². The predicted octanol–water partition coefficient (Wildman–Crippen LogP) is 1.28. The predicted molar refractivity (Wildman–Crippen MR) is 52.7 cm³/mol. The van der Waals surface area contributed by atoms with Crippen molar-refractivity contribution in [2.24, 2.45) is 0 Å². The van der Waals surface area contributed by atoms with Crippen LogP contribution in [0.3, 0.4) is 0 Å². The number of carbonyl (C=O) groups is 1. The van der Waals surface area contributed by atoms with Gasteiger partial charge in [-0.25, -0.2) is 4.79 Å². The number of imidazole rings is 1. The summed E-state index contributed by atoms with van der Waals surface area (Å²) >= 11 is 0. The Morgan fingerprint density at radius 1 is 1.57 bits per heavy atom. The van der Waals surface area contributed by atoms with Gasteiger partial charge in [0, 0.05) is 18.2 Å². The van der Waals surface area contributed by atoms with E-state index in [1.165, 1.54) is 0 Å². The summed E-state index contributed by atoms with van der Waals surface area (Å²) in [5, 5.41) is 0. The number of hydrogen-bond acceptors (Lipinski definition) is 2. The average Bonchev–Trinajstić information content (AvgIpc) is 2.95. The number of aldehydes is 1. The molecular weight excluding hydrogens is 180 g/mol. The summed E-state index contributed by atoms with van der Waals surface area (Å²) in [6.07, 6.45) is 3.84. The van der Waals surface area contributed by atoms with Gasteiger partial charge in [0.2, 0.25) is 0 Å². The average molecular weight is 194 g/mol. The van der Waals surface area contributed by atoms with Gasteiger partial charge in [-0.2, -0.15) is 0 Å². The van der Waals surface area contributed by atoms with Gasteiger partial charge in [0.1, 0.15) is 5.69 Å². The zero-order chi connectivity index (χ0) is 10.1. The summed E-state index contributed by atoms with van der Waals surface area (Å²) in [6.45, 7) is 2.61. The van der Waals surface area contributed by atoms with E-state index >= 15 is 0 Å². The Bertz CT molecular complexity index is 399. The molecule has 1 aliphatic rings. The van der Waals surface area contributed by atoms with Crippen LogP contribution < -0.4 is 5.69 Å². The number of hydrogen-bond donors (Lipinski definition) is 1. The number of nitrogens with zero attached hydrogens (tertiary/aromatic N) is 1. The highest BCUT2D eigenvalue weighted by atomic mass is 16.1. The largest absolute Gasteiger partial charge is 0.326 e. The van der Waals surface area contributed by atoms with Crippen molar-refractivity contribution in [3.05, 3.63) is 21.9 Å². The Labute approximate surface area is 81.9 Å². The Morgan fingerprint density at radius 3 is 2.79 bits per heavy atom. The maximum absolute atomic E-state index is 11.5. The molecule has 1 aliphatic carbocycles. The Kier molecular flexibility index (Phi) is 2.27. The lowest BCUT2D eigenvalue weighted by atomic mass is 10.2. The molecule has 14 heavy (non-hydrogen) atoms. The number of nitrogens with one attached hydrogen (secondary N) is 1. The zero-order valence-electron chi connectivity index (χ0n) is 8.25. The molecule has 2 rings (SSSR count). The van der Waals surface area contributed by atoms with E-state index in [0.29, 0.717) is 18.2 Å². The summed E-state index contributed by atoms with van der Waals surface area (Å²) in [4.78, 5) is 25.2. The molecule has 0 amide bonds. The molecule has 4 nitrogen and oxygen atoms in total. The maximum Gasteiger partial charge on any atom is 0.326 e. The van der Waals surface area contributed by atoms with Crippen LogP contribution in [0.2, 0.25) is 0 Å². The number of rotatable bonds is 4. The summed E-state index contributed by atoms with van der Waals surface area (Å²) in [5.41, 5.74) is 1.26. The van der Waals surface area contributed by atoms with Gasteiger partial charge < -0.3 is 4.98 Å². The van der Waals surface area contributed by atoms with Gasteiger partial charge in [0.15, 0.2) is 6.29 Å². The molecule has 0 atom stereocenters. The van der Waals surface area contributed by atoms with Crippen LogP contribution >= 0.6 is 0 Å². The van der Waals surface area contributed by atoms with Gasteiger partial charge in [-0.05, 0) is 19.3 Å². The molecule has 0 bridgehead atoms. The minimum atomic E-state index is -0.143. The minimum absolute atomic E-state index is 0.143. The van der Waals surface area contributed by atoms with Crippen molar-refractivity contribution in [3.8, 4) is 0 Å². The van der Waals surface area contributed by atoms with E-state index in [0.717, 1.165) is 31.2 Å². The molecular formula is C10H14N2O2. The Balaban J connectivity index is 2.46. The molecule has 1 heterocycles. The Hall–Kier alpha value is -1.32. The van der Waals surface area contributed by atoms with E-state index in [1.807, 2.05) is 6.92 Å². The molecule has 0 radical (unpaired) electrons. The second-order valence-corrected chi connectivity index (χ2v) is 3.77. The fraction of sp³-hybridized carbons (Fsp3) is 0.600. The van der Waals surface area contributed by atoms with Crippen LogP contribution in [0, 0.1) is 0 Å². The molecule has 76 valence electrons. The highest BCUT2D eigenvalue weighted by Gasteiger charge is 2.29. The van der Waals surface area contributed by atoms with Crippen molar-refractivity contribution in [1.29, 1.82) is 0 Å². The van der Waals surface area contributed by atoms with Crippen molar-refractivity contribution >= 4 is 6.29 Å². The fourth-order valence-corrected chi connectivity index (χ4v) is 1.76. The summed E-state index contributed by atoms with van der Waals surface area (Å²) in [6, 6.07) is 0. The minimum Gasteiger partial charge on any atom is -0.309 e. The highest BCUT2D eigenvalue weighted by Crippen LogP contribution is 2.39. The van der Waals surface area contributed by atoms with Gasteiger partial charge in [-0.1, -0.05) is 6.92 Å². The molecule has 0 aromatic carbocycles. The van der Waals surface area contributed by atoms with Gasteiger partial charge in [-0.15, -0.1) is 0 Å². The number of aromatic amines is 1. The first-order valence-corrected chi connectivity index (χ1v) is 5.05. The molecule has 1 aromatic heterocycles. The number of aromatic nitrogens is 2. The number of H-pyrrole nitrogens is 1. The molecule has 0 saturated heterocycles. The third kappa shape index (κ3) is 1.41. The summed E-state index contributed by atoms with van der Waals surface area (Å²) < 4.78 is 1.54. The molecule has 0 unspecified atom stereocenters. The van der Waals surface area contributed by atoms with E-state index < -0.39 is 0 Å². The van der Waals surface area contributed by atoms with Gasteiger partial charge in [0.25, 0.3) is 0 Å². The second-order valence-electron chi connectivity index (χ2n) is 3.77. The quantitative estimate of drug-likeness (QED) is 0.734. The van der Waals surface area contributed by atoms with Crippen molar-refractivity contribution in [2.75, 3.05) is 0 Å². The van der Waals surface area contributed by atoms with E-state index in [4.69, 9.17) is 0 Å². The third-order valence-electron chi connectivity index (χ3n) is 2.60. The standard InChI is InChI=1S/C10H14N2O2/c1-2-5-12-8(6-13)9(7-3-4-7)11-10(12)14/h6-7H,2-5H2,1H3,(H,11,14). The van der Waals surface area contributed by atoms with E-state index in [-0.39, 0.29) is 5.69 Å². The van der Waals surface area contributed by atoms with Crippen LogP contribution in [0.25, 0.3) is 0 Å². The third-order valence-corrected chi connectivity index (χ3v) is 2.60. The van der Waals surface area contributed by atoms with Crippen LogP contribution in [0.5, 0.6) is 0 Å². The molecule has 0 aliphatic heterocycles. The number of carbonyl (C=O) groups excluding carboxylic acids is 1. The fourth-order valence-electron chi connectivity index (χ4n) is 1.76. The lowest BCUT2D eigenvalue weighted by molar-refractivity contribution is 0.111. The maximum atomic E-state index is 11.5. The first-order valence-electron chi connectivity index (χ1n) is 5.05. The topological polar surface area (TPSA) is 54.9 Å². The van der Waals surface area contributed by atoms with E-state index in [1.54, 1.807) is 4.57 Å². The normalized spacial score (nSPS) is 15.8. The van der Waals surface area contributed by atoms with Crippen molar-refractivity contribution in [3.63, 3.8) is 0 Å². The van der Waals surface area contributed by atoms with Crippen LogP contribution in [-0.4, -0.2) is 15.8 Å². The second kappa shape index (κ2) is 3.44. The van der Waals surface area contributed by atoms with Crippen molar-refractivity contribution < 1.29 is 4.79 Å². The van der Waals surface area contributed by atoms with Gasteiger partial charge >= 0.3 is 5.69 Å². The van der Waals surface area contributed by atoms with Crippen LogP contribution in [0.1, 0.15) is 48.3 Å². The van der Waals surface area contributed by atoms with E-state index in [2.05, 4.69) is 4.98 Å². The highest BCUT2D eigenvalue weighted by molar-refractivity contribution is 5.74. The van der Waals surface area contributed by atoms with Crippen LogP contribution in [0.4, 0.5) is 0 Å². The monoisotopic (exact) mass is 194 g/mol. The summed E-state index contributed by atoms with van der Waals surface area (Å²) in [7, 11) is 0. The molecule has 1 aromatic rings. The molecule has 1 fully saturated rings. The lowest BCUT2D eigenvalue weighted by Gasteiger charge is -2.00. The Morgan fingerprint density at radius 2 is 2.29 bits per heavy atom. The molecule has 1 saturated carbocycles. The zero-order valence-corrected chi connectivity index (χ0v) is 8.25. The van der Waals surface area contributed by atoms with Gasteiger partial charge in [-0.3, -0.25) is 9.36 Å². The molecule has 1 N–H and O–H groups in total. The molecule has 0 spiro atoms. The molecule has 4 heteroatoms. The SMILES string of the molecule is CCCn1c(C=O)c(C2CC2)[nH]c1=O. The lowest BCUT2D eigenvalue weighted by Crippen LogP contribution is -2.18. The smallest absolute Gasteiger partial charge is 0.309 e. The summed E-state index contributed by atoms with van der Waals surface area (Å²) in [5.74, 6) is 0.418. The van der Waals surface area contributed by atoms with Crippen LogP contribution in [-0.2, 0) is 6.54 Å². The first kappa shape index (κ1) is 9.24. The van der Waals surface area contributed by atoms with Crippen LogP contribution in [0.15, 0.2) is 4.79 Å². The first-order chi connectivity index (χ1) is 6.77. The van der Waals surface area contributed by atoms with E-state index in [9.17, 15) is 9.59 Å². The van der Waals surface area contributed by atoms with Crippen molar-refractivity contribution in [1.82, 2.24) is 9.55 Å².